The maximum atomic E-state index is 13.5. The fraction of sp³-hybridized carbons (Fsp3) is 0.600. The van der Waals surface area contributed by atoms with Gasteiger partial charge >= 0.3 is 0 Å². The third-order valence-corrected chi connectivity index (χ3v) is 4.21. The van der Waals surface area contributed by atoms with E-state index in [4.69, 9.17) is 5.84 Å². The Balaban J connectivity index is 3.27. The van der Waals surface area contributed by atoms with Crippen LogP contribution < -0.4 is 11.3 Å². The van der Waals surface area contributed by atoms with Crippen LogP contribution in [-0.4, -0.2) is 23.5 Å². The van der Waals surface area contributed by atoms with Crippen LogP contribution in [0.1, 0.15) is 45.7 Å². The van der Waals surface area contributed by atoms with Gasteiger partial charge in [0, 0.05) is 11.6 Å². The first-order valence-electron chi connectivity index (χ1n) is 7.10. The summed E-state index contributed by atoms with van der Waals surface area (Å²) in [7, 11) is 0. The molecule has 0 saturated carbocycles. The minimum Gasteiger partial charge on any atom is -0.297 e. The summed E-state index contributed by atoms with van der Waals surface area (Å²) in [6, 6.07) is 3.20. The molecule has 0 heterocycles. The van der Waals surface area contributed by atoms with E-state index in [0.29, 0.717) is 5.56 Å². The Morgan fingerprint density at radius 2 is 1.65 bits per heavy atom. The van der Waals surface area contributed by atoms with Crippen LogP contribution in [0.2, 0.25) is 0 Å². The first-order chi connectivity index (χ1) is 9.42. The summed E-state index contributed by atoms with van der Waals surface area (Å²) in [4.78, 5) is 2.25. The summed E-state index contributed by atoms with van der Waals surface area (Å²) in [5.41, 5.74) is 2.95. The van der Waals surface area contributed by atoms with Crippen molar-refractivity contribution in [2.75, 3.05) is 13.1 Å². The lowest BCUT2D eigenvalue weighted by atomic mass is 9.83. The molecule has 0 radical (unpaired) electrons. The van der Waals surface area contributed by atoms with E-state index in [2.05, 4.69) is 38.0 Å². The Labute approximate surface area is 120 Å². The summed E-state index contributed by atoms with van der Waals surface area (Å²) in [6.07, 6.45) is 0.807. The molecule has 0 amide bonds. The number of nitrogens with two attached hydrogens (primary N) is 1. The van der Waals surface area contributed by atoms with Crippen LogP contribution in [0.25, 0.3) is 0 Å². The molecule has 0 aromatic heterocycles. The second-order valence-electron chi connectivity index (χ2n) is 5.19. The number of rotatable bonds is 7. The van der Waals surface area contributed by atoms with Crippen LogP contribution in [0, 0.1) is 11.6 Å². The van der Waals surface area contributed by atoms with E-state index in [1.165, 1.54) is 12.1 Å². The van der Waals surface area contributed by atoms with Gasteiger partial charge in [0.25, 0.3) is 0 Å². The highest BCUT2D eigenvalue weighted by atomic mass is 19.1. The van der Waals surface area contributed by atoms with E-state index in [-0.39, 0.29) is 11.6 Å². The third kappa shape index (κ3) is 3.34. The van der Waals surface area contributed by atoms with Gasteiger partial charge < -0.3 is 0 Å². The molecule has 3 N–H and O–H groups in total. The second kappa shape index (κ2) is 7.11. The van der Waals surface area contributed by atoms with E-state index in [1.807, 2.05) is 0 Å². The molecule has 2 unspecified atom stereocenters. The number of nitrogens with zero attached hydrogens (tertiary/aromatic N) is 1. The van der Waals surface area contributed by atoms with Crippen molar-refractivity contribution in [3.05, 3.63) is 35.4 Å². The topological polar surface area (TPSA) is 41.3 Å². The molecule has 114 valence electrons. The van der Waals surface area contributed by atoms with Crippen molar-refractivity contribution >= 4 is 0 Å². The van der Waals surface area contributed by atoms with Crippen LogP contribution in [0.5, 0.6) is 0 Å². The largest absolute Gasteiger partial charge is 0.297 e. The molecule has 0 bridgehead atoms. The van der Waals surface area contributed by atoms with Crippen molar-refractivity contribution in [2.24, 2.45) is 5.84 Å². The van der Waals surface area contributed by atoms with Crippen molar-refractivity contribution in [1.82, 2.24) is 10.3 Å². The molecule has 0 spiro atoms. The predicted molar refractivity (Wildman–Crippen MR) is 78.0 cm³/mol. The Morgan fingerprint density at radius 1 is 1.15 bits per heavy atom. The van der Waals surface area contributed by atoms with E-state index in [0.717, 1.165) is 25.6 Å². The highest BCUT2D eigenvalue weighted by Crippen LogP contribution is 2.34. The summed E-state index contributed by atoms with van der Waals surface area (Å²) < 4.78 is 26.9. The van der Waals surface area contributed by atoms with Gasteiger partial charge in [-0.3, -0.25) is 16.2 Å². The highest BCUT2D eigenvalue weighted by molar-refractivity contribution is 5.25. The van der Waals surface area contributed by atoms with E-state index >= 15 is 0 Å². The average molecular weight is 285 g/mol. The smallest absolute Gasteiger partial charge is 0.126 e. The van der Waals surface area contributed by atoms with Gasteiger partial charge in [-0.25, -0.2) is 8.78 Å². The van der Waals surface area contributed by atoms with Gasteiger partial charge in [0.1, 0.15) is 11.6 Å². The van der Waals surface area contributed by atoms with Crippen molar-refractivity contribution in [3.8, 4) is 0 Å². The molecule has 1 aromatic carbocycles. The maximum Gasteiger partial charge on any atom is 0.126 e. The van der Waals surface area contributed by atoms with Gasteiger partial charge in [0.15, 0.2) is 0 Å². The van der Waals surface area contributed by atoms with E-state index in [1.54, 1.807) is 0 Å². The van der Waals surface area contributed by atoms with Gasteiger partial charge in [-0.1, -0.05) is 20.8 Å². The summed E-state index contributed by atoms with van der Waals surface area (Å²) in [5.74, 6) is 4.52. The first kappa shape index (κ1) is 17.0. The van der Waals surface area contributed by atoms with Crippen molar-refractivity contribution in [2.45, 2.75) is 45.7 Å². The lowest BCUT2D eigenvalue weighted by Gasteiger charge is -2.45. The normalized spacial score (nSPS) is 16.2. The lowest BCUT2D eigenvalue weighted by molar-refractivity contribution is 0.0696. The molecule has 3 nitrogen and oxygen atoms in total. The highest BCUT2D eigenvalue weighted by Gasteiger charge is 2.37. The summed E-state index contributed by atoms with van der Waals surface area (Å²) >= 11 is 0. The monoisotopic (exact) mass is 285 g/mol. The Morgan fingerprint density at radius 3 is 2.00 bits per heavy atom. The lowest BCUT2D eigenvalue weighted by Crippen LogP contribution is -2.55. The molecule has 1 rings (SSSR count). The zero-order valence-corrected chi connectivity index (χ0v) is 12.7. The Hall–Kier alpha value is -1.04. The maximum absolute atomic E-state index is 13.5. The molecule has 2 atom stereocenters. The van der Waals surface area contributed by atoms with Crippen LogP contribution in [-0.2, 0) is 0 Å². The first-order valence-corrected chi connectivity index (χ1v) is 7.10. The molecule has 0 aliphatic carbocycles. The molecule has 0 aliphatic heterocycles. The Kier molecular flexibility index (Phi) is 6.05. The minimum atomic E-state index is -0.585. The number of benzene rings is 1. The van der Waals surface area contributed by atoms with Gasteiger partial charge in [0.05, 0.1) is 6.04 Å². The molecule has 20 heavy (non-hydrogen) atoms. The Bertz CT molecular complexity index is 415. The molecule has 5 heteroatoms. The zero-order valence-electron chi connectivity index (χ0n) is 12.7. The van der Waals surface area contributed by atoms with Crippen molar-refractivity contribution in [1.29, 1.82) is 0 Å². The quantitative estimate of drug-likeness (QED) is 0.598. The van der Waals surface area contributed by atoms with Crippen LogP contribution in [0.3, 0.4) is 0 Å². The molecule has 0 fully saturated rings. The van der Waals surface area contributed by atoms with Crippen LogP contribution in [0.15, 0.2) is 18.2 Å². The molecular formula is C15H25F2N3. The third-order valence-electron chi connectivity index (χ3n) is 4.21. The fourth-order valence-corrected chi connectivity index (χ4v) is 2.93. The summed E-state index contributed by atoms with van der Waals surface area (Å²) in [6.45, 7) is 9.94. The number of hydrazine groups is 1. The summed E-state index contributed by atoms with van der Waals surface area (Å²) in [5, 5.41) is 0. The van der Waals surface area contributed by atoms with E-state index < -0.39 is 11.6 Å². The molecule has 0 saturated heterocycles. The average Bonchev–Trinajstić information content (AvgIpc) is 2.39. The predicted octanol–water partition coefficient (Wildman–Crippen LogP) is 2.98. The van der Waals surface area contributed by atoms with Gasteiger partial charge in [-0.15, -0.1) is 0 Å². The molecule has 1 aromatic rings. The fourth-order valence-electron chi connectivity index (χ4n) is 2.93. The van der Waals surface area contributed by atoms with Gasteiger partial charge in [-0.05, 0) is 44.1 Å². The number of halogens is 2. The molecule has 0 aliphatic rings. The van der Waals surface area contributed by atoms with Crippen LogP contribution in [0.4, 0.5) is 8.78 Å². The van der Waals surface area contributed by atoms with Crippen molar-refractivity contribution < 1.29 is 8.78 Å². The second-order valence-corrected chi connectivity index (χ2v) is 5.19. The number of nitrogens with one attached hydrogen (secondary N) is 1. The number of hydrogen-bond acceptors (Lipinski definition) is 3. The number of likely N-dealkylation sites (N-methyl/N-ethyl adjacent to an activating group) is 1. The minimum absolute atomic E-state index is 0.321. The van der Waals surface area contributed by atoms with Crippen LogP contribution >= 0.6 is 0 Å². The zero-order chi connectivity index (χ0) is 15.3. The van der Waals surface area contributed by atoms with Crippen molar-refractivity contribution in [3.63, 3.8) is 0 Å². The molecular weight excluding hydrogens is 260 g/mol. The SMILES string of the molecule is CCN(CC)C(C)(CC)C(NN)c1cc(F)cc(F)c1. The van der Waals surface area contributed by atoms with E-state index in [9.17, 15) is 8.78 Å². The standard InChI is InChI=1S/C15H25F2N3/c1-5-15(4,20(6-2)7-3)14(19-18)11-8-12(16)10-13(17)9-11/h8-10,14,19H,5-7,18H2,1-4H3. The van der Waals surface area contributed by atoms with Gasteiger partial charge in [-0.2, -0.15) is 0 Å². The number of hydrogen-bond donors (Lipinski definition) is 2. The van der Waals surface area contributed by atoms with Gasteiger partial charge in [0.2, 0.25) is 0 Å².